The highest BCUT2D eigenvalue weighted by molar-refractivity contribution is 7.09. The van der Waals surface area contributed by atoms with E-state index in [0.717, 1.165) is 10.4 Å². The molecule has 5 rings (SSSR count). The van der Waals surface area contributed by atoms with Crippen molar-refractivity contribution in [2.24, 2.45) is 15.5 Å². The summed E-state index contributed by atoms with van der Waals surface area (Å²) in [5.41, 5.74) is -2.00. The van der Waals surface area contributed by atoms with Crippen LogP contribution in [0.15, 0.2) is 64.8 Å². The lowest BCUT2D eigenvalue weighted by molar-refractivity contribution is -0.164. The van der Waals surface area contributed by atoms with E-state index in [4.69, 9.17) is 21.7 Å². The van der Waals surface area contributed by atoms with Gasteiger partial charge in [-0.1, -0.05) is 62.7 Å². The zero-order valence-corrected chi connectivity index (χ0v) is 28.8. The first kappa shape index (κ1) is 35.8. The number of aliphatic imine (C=N–C) groups is 1. The molecular weight excluding hydrogens is 681 g/mol. The summed E-state index contributed by atoms with van der Waals surface area (Å²) in [5, 5.41) is 19.6. The van der Waals surface area contributed by atoms with E-state index >= 15 is 0 Å². The van der Waals surface area contributed by atoms with Crippen LogP contribution in [-0.4, -0.2) is 65.7 Å². The van der Waals surface area contributed by atoms with Crippen LogP contribution in [0.3, 0.4) is 0 Å². The van der Waals surface area contributed by atoms with Crippen molar-refractivity contribution in [3.63, 3.8) is 0 Å². The molecule has 1 aromatic heterocycles. The number of nitrogens with zero attached hydrogens (tertiary/aromatic N) is 5. The van der Waals surface area contributed by atoms with Crippen molar-refractivity contribution in [1.82, 2.24) is 19.9 Å². The molecule has 2 aromatic carbocycles. The van der Waals surface area contributed by atoms with Gasteiger partial charge in [0, 0.05) is 20.0 Å². The maximum Gasteiger partial charge on any atom is 0.411 e. The minimum absolute atomic E-state index is 0.248. The van der Waals surface area contributed by atoms with Gasteiger partial charge < -0.3 is 15.4 Å². The summed E-state index contributed by atoms with van der Waals surface area (Å²) < 4.78 is 50.4. The number of rotatable bonds is 11. The molecule has 1 saturated heterocycles. The Balaban J connectivity index is 1.55. The van der Waals surface area contributed by atoms with E-state index in [2.05, 4.69) is 26.5 Å². The van der Waals surface area contributed by atoms with Crippen molar-refractivity contribution < 1.29 is 27.5 Å². The number of hydrogen-bond acceptors (Lipinski definition) is 8. The van der Waals surface area contributed by atoms with Gasteiger partial charge in [-0.25, -0.2) is 14.2 Å². The molecule has 260 valence electrons. The number of nitrogens with one attached hydrogen (secondary N) is 3. The first-order valence-corrected chi connectivity index (χ1v) is 16.4. The maximum atomic E-state index is 14.8. The van der Waals surface area contributed by atoms with Gasteiger partial charge in [0.1, 0.15) is 24.0 Å². The molecule has 1 aliphatic carbocycles. The zero-order valence-electron chi connectivity index (χ0n) is 27.3. The standard InChI is InChI=1S/C33H36ClF3N8O3S/c1-30(2,3)18-32(22-9-6-20(7-10-22)26-12-15-41-49-26)27(46)45(28(38)42-32)25(17-48-29(47)43-31(13-14-31)33(35,36)37)21-8-11-23(34)24(16-21)44(40-5)19-39-4/h6-12,15-16,19,25H,5,13-14,17-18H2,1-4H3,(H2,38,42)(H,43,47)/b39-19-/t25-,32-/m1/s1. The fraction of sp³-hybridized carbons (Fsp3) is 0.394. The van der Waals surface area contributed by atoms with Gasteiger partial charge in [-0.15, -0.1) is 0 Å². The largest absolute Gasteiger partial charge is 0.447 e. The monoisotopic (exact) mass is 716 g/mol. The number of carbonyl (C=O) groups excluding carboxylic acids is 2. The predicted molar refractivity (Wildman–Crippen MR) is 184 cm³/mol. The molecule has 49 heavy (non-hydrogen) atoms. The summed E-state index contributed by atoms with van der Waals surface area (Å²) >= 11 is 7.83. The molecule has 2 fully saturated rings. The summed E-state index contributed by atoms with van der Waals surface area (Å²) in [6.07, 6.45) is -3.16. The van der Waals surface area contributed by atoms with Crippen LogP contribution in [0.25, 0.3) is 10.4 Å². The average molecular weight is 717 g/mol. The summed E-state index contributed by atoms with van der Waals surface area (Å²) in [4.78, 5) is 33.7. The number of carbonyl (C=O) groups is 2. The van der Waals surface area contributed by atoms with Crippen LogP contribution >= 0.6 is 23.1 Å². The minimum atomic E-state index is -4.66. The Labute approximate surface area is 290 Å². The van der Waals surface area contributed by atoms with Gasteiger partial charge in [-0.2, -0.15) is 18.3 Å². The normalized spacial score (nSPS) is 19.5. The zero-order chi connectivity index (χ0) is 35.8. The van der Waals surface area contributed by atoms with Crippen LogP contribution in [-0.2, 0) is 15.1 Å². The molecule has 0 radical (unpaired) electrons. The molecule has 1 saturated carbocycles. The third-order valence-corrected chi connectivity index (χ3v) is 9.46. The predicted octanol–water partition coefficient (Wildman–Crippen LogP) is 7.10. The lowest BCUT2D eigenvalue weighted by Gasteiger charge is -2.35. The Bertz CT molecular complexity index is 1760. The number of anilines is 1. The number of alkyl halides is 3. The van der Waals surface area contributed by atoms with Gasteiger partial charge in [-0.05, 0) is 71.1 Å². The fourth-order valence-electron chi connectivity index (χ4n) is 5.92. The van der Waals surface area contributed by atoms with Crippen LogP contribution in [0.1, 0.15) is 57.2 Å². The second-order valence-corrected chi connectivity index (χ2v) is 14.4. The van der Waals surface area contributed by atoms with Gasteiger partial charge in [-0.3, -0.25) is 20.1 Å². The molecule has 2 heterocycles. The summed E-state index contributed by atoms with van der Waals surface area (Å²) in [6.45, 7) is 8.87. The first-order chi connectivity index (χ1) is 23.0. The van der Waals surface area contributed by atoms with E-state index in [1.54, 1.807) is 18.3 Å². The smallest absolute Gasteiger partial charge is 0.411 e. The van der Waals surface area contributed by atoms with Crippen molar-refractivity contribution in [2.45, 2.75) is 63.3 Å². The third kappa shape index (κ3) is 7.27. The number of hydrogen-bond donors (Lipinski definition) is 3. The quantitative estimate of drug-likeness (QED) is 0.110. The van der Waals surface area contributed by atoms with Crippen LogP contribution in [0.2, 0.25) is 5.02 Å². The number of guanidine groups is 1. The number of alkyl carbamates (subject to hydrolysis) is 1. The molecule has 1 aliphatic heterocycles. The van der Waals surface area contributed by atoms with E-state index in [1.807, 2.05) is 56.4 Å². The number of halogens is 4. The van der Waals surface area contributed by atoms with E-state index in [-0.39, 0.29) is 30.2 Å². The number of amides is 2. The highest BCUT2D eigenvalue weighted by Gasteiger charge is 2.64. The van der Waals surface area contributed by atoms with Crippen LogP contribution in [0, 0.1) is 10.8 Å². The number of ether oxygens (including phenoxy) is 1. The van der Waals surface area contributed by atoms with E-state index < -0.39 is 47.3 Å². The molecule has 0 spiro atoms. The van der Waals surface area contributed by atoms with E-state index in [9.17, 15) is 22.8 Å². The fourth-order valence-corrected chi connectivity index (χ4v) is 6.73. The summed E-state index contributed by atoms with van der Waals surface area (Å²) in [5.74, 6) is -0.791. The Morgan fingerprint density at radius 2 is 1.94 bits per heavy atom. The number of hydrazone groups is 1. The van der Waals surface area contributed by atoms with Crippen molar-refractivity contribution in [2.75, 3.05) is 18.7 Å². The number of aromatic nitrogens is 1. The molecule has 0 bridgehead atoms. The lowest BCUT2D eigenvalue weighted by Crippen LogP contribution is -2.49. The molecule has 3 aromatic rings. The Morgan fingerprint density at radius 1 is 1.24 bits per heavy atom. The van der Waals surface area contributed by atoms with Gasteiger partial charge in [0.25, 0.3) is 5.91 Å². The first-order valence-electron chi connectivity index (χ1n) is 15.3. The second-order valence-electron chi connectivity index (χ2n) is 13.1. The summed E-state index contributed by atoms with van der Waals surface area (Å²) in [6, 6.07) is 12.8. The van der Waals surface area contributed by atoms with Crippen molar-refractivity contribution >= 4 is 59.8 Å². The average Bonchev–Trinajstić information content (AvgIpc) is 3.53. The molecule has 0 unspecified atom stereocenters. The molecule has 2 amide bonds. The topological polar surface area (TPSA) is 135 Å². The maximum absolute atomic E-state index is 14.8. The molecule has 2 atom stereocenters. The lowest BCUT2D eigenvalue weighted by atomic mass is 9.75. The molecule has 2 aliphatic rings. The molecule has 11 nitrogen and oxygen atoms in total. The highest BCUT2D eigenvalue weighted by atomic mass is 35.5. The Hall–Kier alpha value is -4.50. The van der Waals surface area contributed by atoms with Crippen molar-refractivity contribution in [1.29, 1.82) is 5.41 Å². The van der Waals surface area contributed by atoms with Gasteiger partial charge >= 0.3 is 12.3 Å². The van der Waals surface area contributed by atoms with E-state index in [1.165, 1.54) is 40.9 Å². The van der Waals surface area contributed by atoms with Gasteiger partial charge in [0.05, 0.1) is 21.6 Å². The van der Waals surface area contributed by atoms with Crippen LogP contribution < -0.4 is 15.6 Å². The van der Waals surface area contributed by atoms with Gasteiger partial charge in [0.2, 0.25) is 0 Å². The van der Waals surface area contributed by atoms with Crippen LogP contribution in [0.4, 0.5) is 23.7 Å². The molecule has 16 heteroatoms. The van der Waals surface area contributed by atoms with Crippen LogP contribution in [0.5, 0.6) is 0 Å². The second kappa shape index (κ2) is 13.4. The van der Waals surface area contributed by atoms with Gasteiger partial charge in [0.15, 0.2) is 5.96 Å². The SMILES string of the molecule is C=NN(/C=N\C)c1cc([C@@H](COC(=O)NC2(C(F)(F)F)CC2)N2C(=N)N[C@](CC(C)(C)C)(c3ccc(-c4ccns4)cc3)C2=O)ccc1Cl. The Kier molecular flexibility index (Phi) is 9.81. The minimum Gasteiger partial charge on any atom is -0.447 e. The van der Waals surface area contributed by atoms with Crippen molar-refractivity contribution in [3.8, 4) is 10.4 Å². The highest BCUT2D eigenvalue weighted by Crippen LogP contribution is 2.49. The van der Waals surface area contributed by atoms with E-state index in [0.29, 0.717) is 16.8 Å². The molecule has 3 N–H and O–H groups in total. The van der Waals surface area contributed by atoms with Crippen molar-refractivity contribution in [3.05, 3.63) is 70.9 Å². The Morgan fingerprint density at radius 3 is 2.49 bits per heavy atom. The third-order valence-electron chi connectivity index (χ3n) is 8.35. The number of benzene rings is 2. The molecular formula is C33H36ClF3N8O3S. The summed E-state index contributed by atoms with van der Waals surface area (Å²) in [7, 11) is 1.52.